The number of carbonyl (C=O) groups is 3. The molecule has 0 radical (unpaired) electrons. The molecular weight excluding hydrogens is 482 g/mol. The fourth-order valence-electron chi connectivity index (χ4n) is 4.97. The summed E-state index contributed by atoms with van der Waals surface area (Å²) in [6, 6.07) is 8.01. The second kappa shape index (κ2) is 9.23. The Hall–Kier alpha value is -2.57. The van der Waals surface area contributed by atoms with Crippen molar-refractivity contribution in [2.45, 2.75) is 48.8 Å². The zero-order chi connectivity index (χ0) is 24.7. The lowest BCUT2D eigenvalue weighted by molar-refractivity contribution is -0.938. The first-order chi connectivity index (χ1) is 16.0. The third kappa shape index (κ3) is 4.53. The van der Waals surface area contributed by atoms with Crippen LogP contribution in [0, 0.1) is 0 Å². The van der Waals surface area contributed by atoms with Gasteiger partial charge in [-0.3, -0.25) is 0 Å². The highest BCUT2D eigenvalue weighted by Gasteiger charge is 2.71. The van der Waals surface area contributed by atoms with E-state index in [2.05, 4.69) is 14.1 Å². The predicted octanol–water partition coefficient (Wildman–Crippen LogP) is 2.06. The van der Waals surface area contributed by atoms with Crippen molar-refractivity contribution in [3.63, 3.8) is 0 Å². The van der Waals surface area contributed by atoms with Crippen molar-refractivity contribution < 1.29 is 43.7 Å². The standard InChI is InChI=1S/C19H22NO4S2.C4H4O4/c1-20(2)12-9-11(10-13(20)17-16(12)24-17)23-18(21)19(22,14-5-3-7-25-14)15-6-4-8-26-15;5-3(6)1-2-4(7)8/h3-8,11-13,16-17,22H,9-10H2,1-2H3;1-2H,(H,5,6)(H,7,8)/q+1;/b;2-1+/t11?,12-,13-,16-,17+;/m0./s1. The molecule has 3 aliphatic heterocycles. The molecule has 5 atom stereocenters. The number of epoxide rings is 1. The Morgan fingerprint density at radius 3 is 1.85 bits per heavy atom. The number of fused-ring (bicyclic) bond motifs is 5. The number of ether oxygens (including phenoxy) is 2. The number of rotatable bonds is 6. The van der Waals surface area contributed by atoms with Crippen LogP contribution in [0.1, 0.15) is 22.6 Å². The van der Waals surface area contributed by atoms with Gasteiger partial charge in [0.15, 0.2) is 0 Å². The van der Waals surface area contributed by atoms with Gasteiger partial charge in [0.1, 0.15) is 30.4 Å². The molecule has 3 saturated heterocycles. The molecule has 2 aromatic rings. The van der Waals surface area contributed by atoms with E-state index in [1.807, 2.05) is 22.9 Å². The smallest absolute Gasteiger partial charge is 0.349 e. The van der Waals surface area contributed by atoms with Crippen molar-refractivity contribution >= 4 is 40.6 Å². The van der Waals surface area contributed by atoms with Crippen LogP contribution in [0.15, 0.2) is 47.2 Å². The maximum Gasteiger partial charge on any atom is 0.349 e. The van der Waals surface area contributed by atoms with Gasteiger partial charge in [-0.25, -0.2) is 14.4 Å². The minimum atomic E-state index is -1.72. The average Bonchev–Trinajstić information content (AvgIpc) is 3.11. The zero-order valence-corrected chi connectivity index (χ0v) is 20.2. The number of aliphatic carboxylic acids is 2. The van der Waals surface area contributed by atoms with Crippen molar-refractivity contribution in [2.75, 3.05) is 14.1 Å². The molecule has 0 saturated carbocycles. The van der Waals surface area contributed by atoms with Crippen molar-refractivity contribution in [3.05, 3.63) is 56.9 Å². The van der Waals surface area contributed by atoms with Crippen molar-refractivity contribution in [3.8, 4) is 0 Å². The van der Waals surface area contributed by atoms with Crippen LogP contribution in [0.25, 0.3) is 0 Å². The SMILES string of the molecule is C[N+]1(C)[C@H]2CC(OC(=O)C(O)(c3cccs3)c3cccs3)C[C@H]1[C@H]1O[C@H]12.O=C(O)/C=C/C(=O)O. The minimum absolute atomic E-state index is 0.161. The topological polar surface area (TPSA) is 134 Å². The number of hydrogen-bond donors (Lipinski definition) is 3. The largest absolute Gasteiger partial charge is 0.478 e. The number of carboxylic acid groups (broad SMARTS) is 2. The summed E-state index contributed by atoms with van der Waals surface area (Å²) in [5.74, 6) is -3.08. The fourth-order valence-corrected chi connectivity index (χ4v) is 6.69. The van der Waals surface area contributed by atoms with Crippen LogP contribution in [0.2, 0.25) is 0 Å². The Morgan fingerprint density at radius 1 is 1.00 bits per heavy atom. The Balaban J connectivity index is 0.000000297. The van der Waals surface area contributed by atoms with Gasteiger partial charge in [-0.15, -0.1) is 22.7 Å². The van der Waals surface area contributed by atoms with Gasteiger partial charge >= 0.3 is 17.9 Å². The first-order valence-electron chi connectivity index (χ1n) is 10.7. The molecule has 3 N–H and O–H groups in total. The Kier molecular flexibility index (Phi) is 6.67. The summed E-state index contributed by atoms with van der Waals surface area (Å²) < 4.78 is 12.6. The number of quaternary nitrogens is 1. The van der Waals surface area contributed by atoms with Gasteiger partial charge < -0.3 is 29.3 Å². The van der Waals surface area contributed by atoms with Crippen LogP contribution in [-0.4, -0.2) is 82.2 Å². The van der Waals surface area contributed by atoms with Gasteiger partial charge in [-0.1, -0.05) is 12.1 Å². The number of aliphatic hydroxyl groups is 1. The van der Waals surface area contributed by atoms with Crippen LogP contribution in [0.5, 0.6) is 0 Å². The lowest BCUT2D eigenvalue weighted by atomic mass is 9.95. The number of morpholine rings is 1. The predicted molar refractivity (Wildman–Crippen MR) is 124 cm³/mol. The Bertz CT molecular complexity index is 1010. The van der Waals surface area contributed by atoms with Gasteiger partial charge in [0.2, 0.25) is 5.60 Å². The van der Waals surface area contributed by atoms with Gasteiger partial charge in [0.05, 0.1) is 23.8 Å². The number of hydrogen-bond acceptors (Lipinski definition) is 8. The van der Waals surface area contributed by atoms with Crippen molar-refractivity contribution in [2.24, 2.45) is 0 Å². The average molecular weight is 509 g/mol. The van der Waals surface area contributed by atoms with E-state index in [4.69, 9.17) is 19.7 Å². The molecule has 182 valence electrons. The second-order valence-electron chi connectivity index (χ2n) is 9.00. The maximum atomic E-state index is 13.1. The molecule has 1 unspecified atom stereocenters. The summed E-state index contributed by atoms with van der Waals surface area (Å²) in [4.78, 5) is 33.4. The normalized spacial score (nSPS) is 28.5. The number of likely N-dealkylation sites (N-methyl/N-ethyl adjacent to an activating group) is 1. The molecule has 5 heterocycles. The zero-order valence-electron chi connectivity index (χ0n) is 18.6. The summed E-state index contributed by atoms with van der Waals surface area (Å²) in [5, 5.41) is 30.7. The molecule has 0 aliphatic carbocycles. The fraction of sp³-hybridized carbons (Fsp3) is 0.435. The van der Waals surface area contributed by atoms with E-state index < -0.39 is 23.5 Å². The summed E-state index contributed by atoms with van der Waals surface area (Å²) in [6.45, 7) is 0. The summed E-state index contributed by atoms with van der Waals surface area (Å²) in [5.41, 5.74) is -1.72. The van der Waals surface area contributed by atoms with Crippen molar-refractivity contribution in [1.29, 1.82) is 0 Å². The molecule has 2 aromatic heterocycles. The highest BCUT2D eigenvalue weighted by molar-refractivity contribution is 7.12. The van der Waals surface area contributed by atoms with E-state index in [0.29, 0.717) is 46.2 Å². The molecule has 34 heavy (non-hydrogen) atoms. The van der Waals surface area contributed by atoms with E-state index >= 15 is 0 Å². The molecule has 0 amide bonds. The van der Waals surface area contributed by atoms with Gasteiger partial charge in [-0.2, -0.15) is 0 Å². The number of carbonyl (C=O) groups excluding carboxylic acids is 1. The minimum Gasteiger partial charge on any atom is -0.478 e. The number of piperidine rings is 1. The van der Waals surface area contributed by atoms with Crippen molar-refractivity contribution in [1.82, 2.24) is 0 Å². The van der Waals surface area contributed by atoms with E-state index in [9.17, 15) is 19.5 Å². The highest BCUT2D eigenvalue weighted by atomic mass is 32.1. The number of nitrogens with zero attached hydrogens (tertiary/aromatic N) is 1. The quantitative estimate of drug-likeness (QED) is 0.234. The Morgan fingerprint density at radius 2 is 1.47 bits per heavy atom. The van der Waals surface area contributed by atoms with E-state index in [0.717, 1.165) is 17.3 Å². The number of carboxylic acids is 2. The van der Waals surface area contributed by atoms with Gasteiger partial charge in [-0.05, 0) is 22.9 Å². The molecule has 0 aromatic carbocycles. The van der Waals surface area contributed by atoms with Gasteiger partial charge in [0, 0.05) is 25.0 Å². The summed E-state index contributed by atoms with van der Waals surface area (Å²) in [7, 11) is 4.49. The molecule has 9 nitrogen and oxygen atoms in total. The molecule has 2 bridgehead atoms. The van der Waals surface area contributed by atoms with Crippen LogP contribution in [-0.2, 0) is 29.5 Å². The highest BCUT2D eigenvalue weighted by Crippen LogP contribution is 2.52. The molecule has 3 aliphatic rings. The third-order valence-electron chi connectivity index (χ3n) is 6.73. The van der Waals surface area contributed by atoms with Crippen LogP contribution < -0.4 is 0 Å². The molecule has 0 spiro atoms. The molecular formula is C23H26NO8S2+. The first-order valence-corrected chi connectivity index (χ1v) is 12.4. The second-order valence-corrected chi connectivity index (χ2v) is 10.9. The number of thiophene rings is 2. The van der Waals surface area contributed by atoms with Crippen LogP contribution in [0.4, 0.5) is 0 Å². The summed E-state index contributed by atoms with van der Waals surface area (Å²) >= 11 is 2.74. The molecule has 5 rings (SSSR count). The lowest BCUT2D eigenvalue weighted by Gasteiger charge is -2.45. The molecule has 11 heteroatoms. The third-order valence-corrected chi connectivity index (χ3v) is 8.69. The first kappa shape index (κ1) is 24.6. The summed E-state index contributed by atoms with van der Waals surface area (Å²) in [6.07, 6.45) is 3.17. The lowest BCUT2D eigenvalue weighted by Crippen LogP contribution is -2.60. The molecule has 3 fully saturated rings. The maximum absolute atomic E-state index is 13.1. The van der Waals surface area contributed by atoms with E-state index in [1.54, 1.807) is 12.1 Å². The monoisotopic (exact) mass is 508 g/mol. The number of esters is 1. The van der Waals surface area contributed by atoms with Crippen LogP contribution in [0.3, 0.4) is 0 Å². The van der Waals surface area contributed by atoms with E-state index in [-0.39, 0.29) is 6.10 Å². The Labute approximate surface area is 204 Å². The van der Waals surface area contributed by atoms with Crippen LogP contribution >= 0.6 is 22.7 Å². The van der Waals surface area contributed by atoms with Gasteiger partial charge in [0.25, 0.3) is 0 Å². The van der Waals surface area contributed by atoms with E-state index in [1.165, 1.54) is 22.7 Å².